The Morgan fingerprint density at radius 1 is 1.44 bits per heavy atom. The first-order valence-electron chi connectivity index (χ1n) is 6.31. The van der Waals surface area contributed by atoms with Gasteiger partial charge >= 0.3 is 6.18 Å². The zero-order chi connectivity index (χ0) is 13.2. The van der Waals surface area contributed by atoms with E-state index in [1.54, 1.807) is 0 Å². The molecule has 1 aliphatic carbocycles. The minimum Gasteiger partial charge on any atom is -0.312 e. The molecule has 1 aromatic heterocycles. The maximum Gasteiger partial charge on any atom is 0.419 e. The molecule has 1 heterocycles. The number of alkyl halides is 3. The van der Waals surface area contributed by atoms with Gasteiger partial charge in [-0.2, -0.15) is 18.3 Å². The second-order valence-corrected chi connectivity index (χ2v) is 4.95. The summed E-state index contributed by atoms with van der Waals surface area (Å²) < 4.78 is 38.7. The standard InChI is InChI=1S/C12H18F3N3/c1-9(6-16-11-4-2-3-5-11)18-8-10(7-17-18)12(13,14)15/h7-9,11,16H,2-6H2,1H3. The van der Waals surface area contributed by atoms with E-state index >= 15 is 0 Å². The summed E-state index contributed by atoms with van der Waals surface area (Å²) in [5.74, 6) is 0. The molecular formula is C12H18F3N3. The average molecular weight is 261 g/mol. The molecule has 0 bridgehead atoms. The molecule has 1 unspecified atom stereocenters. The maximum atomic E-state index is 12.4. The molecule has 0 aromatic carbocycles. The second kappa shape index (κ2) is 5.30. The highest BCUT2D eigenvalue weighted by molar-refractivity contribution is 5.08. The van der Waals surface area contributed by atoms with E-state index < -0.39 is 11.7 Å². The van der Waals surface area contributed by atoms with Crippen molar-refractivity contribution in [3.8, 4) is 0 Å². The van der Waals surface area contributed by atoms with Crippen molar-refractivity contribution in [3.05, 3.63) is 18.0 Å². The number of nitrogens with one attached hydrogen (secondary N) is 1. The average Bonchev–Trinajstić information content (AvgIpc) is 2.96. The highest BCUT2D eigenvalue weighted by Crippen LogP contribution is 2.29. The van der Waals surface area contributed by atoms with E-state index in [-0.39, 0.29) is 6.04 Å². The van der Waals surface area contributed by atoms with Crippen LogP contribution in [-0.2, 0) is 6.18 Å². The lowest BCUT2D eigenvalue weighted by Gasteiger charge is -2.17. The molecule has 3 nitrogen and oxygen atoms in total. The Balaban J connectivity index is 1.88. The van der Waals surface area contributed by atoms with Crippen molar-refractivity contribution in [2.24, 2.45) is 0 Å². The zero-order valence-corrected chi connectivity index (χ0v) is 10.4. The Morgan fingerprint density at radius 3 is 2.67 bits per heavy atom. The van der Waals surface area contributed by atoms with Gasteiger partial charge in [0.05, 0.1) is 17.8 Å². The van der Waals surface area contributed by atoms with Gasteiger partial charge in [-0.25, -0.2) is 0 Å². The Morgan fingerprint density at radius 2 is 2.11 bits per heavy atom. The summed E-state index contributed by atoms with van der Waals surface area (Å²) in [4.78, 5) is 0. The smallest absolute Gasteiger partial charge is 0.312 e. The van der Waals surface area contributed by atoms with Crippen LogP contribution in [0.25, 0.3) is 0 Å². The first-order chi connectivity index (χ1) is 8.47. The van der Waals surface area contributed by atoms with E-state index in [2.05, 4.69) is 10.4 Å². The van der Waals surface area contributed by atoms with Crippen LogP contribution in [0.1, 0.15) is 44.2 Å². The van der Waals surface area contributed by atoms with E-state index in [9.17, 15) is 13.2 Å². The second-order valence-electron chi connectivity index (χ2n) is 4.95. The van der Waals surface area contributed by atoms with Gasteiger partial charge in [-0.15, -0.1) is 0 Å². The van der Waals surface area contributed by atoms with Crippen LogP contribution >= 0.6 is 0 Å². The number of hydrogen-bond donors (Lipinski definition) is 1. The van der Waals surface area contributed by atoms with Crippen LogP contribution in [0.2, 0.25) is 0 Å². The van der Waals surface area contributed by atoms with Gasteiger partial charge in [0, 0.05) is 18.8 Å². The molecule has 0 aliphatic heterocycles. The van der Waals surface area contributed by atoms with Gasteiger partial charge in [-0.1, -0.05) is 12.8 Å². The van der Waals surface area contributed by atoms with Crippen molar-refractivity contribution in [1.82, 2.24) is 15.1 Å². The van der Waals surface area contributed by atoms with Crippen LogP contribution in [0.15, 0.2) is 12.4 Å². The molecule has 1 saturated carbocycles. The number of nitrogens with zero attached hydrogens (tertiary/aromatic N) is 2. The Kier molecular flexibility index (Phi) is 3.94. The van der Waals surface area contributed by atoms with E-state index in [0.717, 1.165) is 12.4 Å². The molecule has 102 valence electrons. The Hall–Kier alpha value is -1.04. The molecule has 1 aromatic rings. The van der Waals surface area contributed by atoms with E-state index in [1.165, 1.54) is 30.4 Å². The molecular weight excluding hydrogens is 243 g/mol. The monoisotopic (exact) mass is 261 g/mol. The van der Waals surface area contributed by atoms with Crippen molar-refractivity contribution in [1.29, 1.82) is 0 Å². The summed E-state index contributed by atoms with van der Waals surface area (Å²) >= 11 is 0. The number of aromatic nitrogens is 2. The Labute approximate surface area is 104 Å². The minimum atomic E-state index is -4.31. The summed E-state index contributed by atoms with van der Waals surface area (Å²) in [5, 5.41) is 7.17. The third kappa shape index (κ3) is 3.25. The molecule has 0 spiro atoms. The quantitative estimate of drug-likeness (QED) is 0.903. The van der Waals surface area contributed by atoms with Crippen LogP contribution in [0, 0.1) is 0 Å². The van der Waals surface area contributed by atoms with Crippen LogP contribution in [0.4, 0.5) is 13.2 Å². The van der Waals surface area contributed by atoms with Gasteiger partial charge < -0.3 is 5.32 Å². The highest BCUT2D eigenvalue weighted by atomic mass is 19.4. The normalized spacial score (nSPS) is 19.3. The van der Waals surface area contributed by atoms with Gasteiger partial charge in [0.15, 0.2) is 0 Å². The predicted octanol–water partition coefficient (Wildman–Crippen LogP) is 3.00. The lowest BCUT2D eigenvalue weighted by molar-refractivity contribution is -0.137. The van der Waals surface area contributed by atoms with Gasteiger partial charge in [-0.05, 0) is 19.8 Å². The van der Waals surface area contributed by atoms with Crippen molar-refractivity contribution in [2.45, 2.75) is 50.9 Å². The number of hydrogen-bond acceptors (Lipinski definition) is 2. The molecule has 2 rings (SSSR count). The van der Waals surface area contributed by atoms with Crippen LogP contribution < -0.4 is 5.32 Å². The summed E-state index contributed by atoms with van der Waals surface area (Å²) in [6.45, 7) is 2.53. The Bertz CT molecular complexity index is 380. The molecule has 1 atom stereocenters. The van der Waals surface area contributed by atoms with Crippen molar-refractivity contribution < 1.29 is 13.2 Å². The van der Waals surface area contributed by atoms with Gasteiger partial charge in [0.2, 0.25) is 0 Å². The largest absolute Gasteiger partial charge is 0.419 e. The summed E-state index contributed by atoms with van der Waals surface area (Å²) in [6.07, 6.45) is 2.46. The van der Waals surface area contributed by atoms with Crippen LogP contribution in [-0.4, -0.2) is 22.4 Å². The summed E-state index contributed by atoms with van der Waals surface area (Å²) in [5.41, 5.74) is -0.685. The van der Waals surface area contributed by atoms with Crippen LogP contribution in [0.3, 0.4) is 0 Å². The third-order valence-electron chi connectivity index (χ3n) is 3.44. The fraction of sp³-hybridized carbons (Fsp3) is 0.750. The predicted molar refractivity (Wildman–Crippen MR) is 62.2 cm³/mol. The molecule has 1 fully saturated rings. The van der Waals surface area contributed by atoms with Gasteiger partial charge in [-0.3, -0.25) is 4.68 Å². The van der Waals surface area contributed by atoms with Crippen molar-refractivity contribution >= 4 is 0 Å². The van der Waals surface area contributed by atoms with Crippen molar-refractivity contribution in [2.75, 3.05) is 6.54 Å². The summed E-state index contributed by atoms with van der Waals surface area (Å²) in [6, 6.07) is 0.451. The molecule has 1 aliphatic rings. The summed E-state index contributed by atoms with van der Waals surface area (Å²) in [7, 11) is 0. The lowest BCUT2D eigenvalue weighted by Crippen LogP contribution is -2.31. The molecule has 0 amide bonds. The molecule has 6 heteroatoms. The fourth-order valence-corrected chi connectivity index (χ4v) is 2.29. The molecule has 0 saturated heterocycles. The lowest BCUT2D eigenvalue weighted by atomic mass is 10.2. The van der Waals surface area contributed by atoms with E-state index in [1.807, 2.05) is 6.92 Å². The number of rotatable bonds is 4. The first-order valence-corrected chi connectivity index (χ1v) is 6.31. The molecule has 18 heavy (non-hydrogen) atoms. The van der Waals surface area contributed by atoms with Crippen LogP contribution in [0.5, 0.6) is 0 Å². The highest BCUT2D eigenvalue weighted by Gasteiger charge is 2.32. The maximum absolute atomic E-state index is 12.4. The zero-order valence-electron chi connectivity index (χ0n) is 10.4. The van der Waals surface area contributed by atoms with Gasteiger partial charge in [0.25, 0.3) is 0 Å². The fourth-order valence-electron chi connectivity index (χ4n) is 2.29. The third-order valence-corrected chi connectivity index (χ3v) is 3.44. The first kappa shape index (κ1) is 13.4. The van der Waals surface area contributed by atoms with E-state index in [0.29, 0.717) is 12.6 Å². The van der Waals surface area contributed by atoms with Crippen molar-refractivity contribution in [3.63, 3.8) is 0 Å². The van der Waals surface area contributed by atoms with Gasteiger partial charge in [0.1, 0.15) is 0 Å². The van der Waals surface area contributed by atoms with E-state index in [4.69, 9.17) is 0 Å². The number of halogens is 3. The SMILES string of the molecule is CC(CNC1CCCC1)n1cc(C(F)(F)F)cn1. The topological polar surface area (TPSA) is 29.9 Å². The molecule has 0 radical (unpaired) electrons. The molecule has 1 N–H and O–H groups in total. The minimum absolute atomic E-state index is 0.0679.